The minimum atomic E-state index is -5.17. The van der Waals surface area contributed by atoms with Gasteiger partial charge in [0.2, 0.25) is 0 Å². The zero-order valence-electron chi connectivity index (χ0n) is 7.43. The third-order valence-electron chi connectivity index (χ3n) is 0.607. The Morgan fingerprint density at radius 3 is 1.31 bits per heavy atom. The molecule has 1 rings (SSSR count). The van der Waals surface area contributed by atoms with Crippen molar-refractivity contribution in [1.29, 1.82) is 0 Å². The molecule has 7 heteroatoms. The number of hydrogen-bond donors (Lipinski definition) is 0. The Morgan fingerprint density at radius 2 is 1.23 bits per heavy atom. The average molecular weight is 219 g/mol. The first-order chi connectivity index (χ1) is 5.00. The summed E-state index contributed by atoms with van der Waals surface area (Å²) in [5, 5.41) is 0. The van der Waals surface area contributed by atoms with Crippen LogP contribution in [-0.2, 0) is 10.4 Å². The molecule has 1 radical (unpaired) electrons. The second-order valence-electron chi connectivity index (χ2n) is 1.49. The van der Waals surface area contributed by atoms with Crippen LogP contribution in [0, 0.1) is 6.07 Å². The maximum atomic E-state index is 8.52. The molecule has 0 aliphatic rings. The average Bonchev–Trinajstić information content (AvgIpc) is 1.88. The van der Waals surface area contributed by atoms with E-state index >= 15 is 0 Å². The first-order valence-electron chi connectivity index (χ1n) is 2.58. The summed E-state index contributed by atoms with van der Waals surface area (Å²) in [6, 6.07) is 12.5. The van der Waals surface area contributed by atoms with Crippen LogP contribution in [0.1, 0.15) is 0 Å². The predicted molar refractivity (Wildman–Crippen MR) is 35.8 cm³/mol. The van der Waals surface area contributed by atoms with Crippen molar-refractivity contribution < 1.29 is 76.6 Å². The van der Waals surface area contributed by atoms with Crippen LogP contribution >= 0.6 is 0 Å². The van der Waals surface area contributed by atoms with Crippen LogP contribution < -0.4 is 59.1 Å². The van der Waals surface area contributed by atoms with Crippen molar-refractivity contribution in [1.82, 2.24) is 0 Å². The fraction of sp³-hybridized carbons (Fsp3) is 0. The van der Waals surface area contributed by atoms with Gasteiger partial charge in [0.1, 0.15) is 0 Å². The zero-order valence-corrected chi connectivity index (χ0v) is 12.2. The topological polar surface area (TPSA) is 80.3 Å². The predicted octanol–water partition coefficient (Wildman–Crippen LogP) is -5.84. The Kier molecular flexibility index (Phi) is 16.9. The normalized spacial score (nSPS) is 8.15. The summed E-state index contributed by atoms with van der Waals surface area (Å²) >= 11 is 0. The molecule has 0 amide bonds. The fourth-order valence-corrected chi connectivity index (χ4v) is 0.342. The van der Waals surface area contributed by atoms with Gasteiger partial charge in [0.15, 0.2) is 0 Å². The summed E-state index contributed by atoms with van der Waals surface area (Å²) in [6.45, 7) is 0. The standard InChI is InChI=1S/C6H5.2Na.H2O4S/c1-2-4-6-5-3-1;;;1-5(2,3)4/h1-5H;;;(H2,1,2,3,4)/q;2*+1;/p-2. The van der Waals surface area contributed by atoms with Crippen molar-refractivity contribution in [2.24, 2.45) is 0 Å². The third-order valence-corrected chi connectivity index (χ3v) is 0.607. The Labute approximate surface area is 122 Å². The summed E-state index contributed by atoms with van der Waals surface area (Å²) in [6.07, 6.45) is 0. The molecular formula is C6H5Na2O4S. The molecule has 0 atom stereocenters. The summed E-state index contributed by atoms with van der Waals surface area (Å²) in [5.41, 5.74) is 0. The number of rotatable bonds is 0. The third kappa shape index (κ3) is 32.0. The molecule has 0 fully saturated rings. The molecule has 4 nitrogen and oxygen atoms in total. The Bertz CT molecular complexity index is 239. The van der Waals surface area contributed by atoms with E-state index in [-0.39, 0.29) is 59.1 Å². The molecule has 1 aromatic rings. The van der Waals surface area contributed by atoms with Crippen LogP contribution in [0.25, 0.3) is 0 Å². The van der Waals surface area contributed by atoms with Gasteiger partial charge in [-0.15, -0.1) is 0 Å². The second kappa shape index (κ2) is 11.2. The largest absolute Gasteiger partial charge is 1.00 e. The maximum absolute atomic E-state index is 8.52. The van der Waals surface area contributed by atoms with Gasteiger partial charge in [0.05, 0.1) is 0 Å². The molecular weight excluding hydrogens is 214 g/mol. The van der Waals surface area contributed by atoms with Crippen LogP contribution in [0.15, 0.2) is 30.3 Å². The van der Waals surface area contributed by atoms with E-state index in [4.69, 9.17) is 17.5 Å². The minimum Gasteiger partial charge on any atom is -0.759 e. The fourth-order valence-electron chi connectivity index (χ4n) is 0.342. The first-order valence-corrected chi connectivity index (χ1v) is 3.91. The molecule has 0 saturated carbocycles. The van der Waals surface area contributed by atoms with E-state index in [0.717, 1.165) is 0 Å². The Morgan fingerprint density at radius 1 is 0.923 bits per heavy atom. The van der Waals surface area contributed by atoms with Gasteiger partial charge in [0.25, 0.3) is 0 Å². The molecule has 1 aromatic carbocycles. The molecule has 0 aliphatic carbocycles. The molecule has 0 unspecified atom stereocenters. The molecule has 0 aliphatic heterocycles. The van der Waals surface area contributed by atoms with Crippen LogP contribution in [-0.4, -0.2) is 17.5 Å². The number of benzene rings is 1. The summed E-state index contributed by atoms with van der Waals surface area (Å²) in [5.74, 6) is 0. The molecule has 0 N–H and O–H groups in total. The van der Waals surface area contributed by atoms with Gasteiger partial charge < -0.3 is 9.11 Å². The molecule has 61 valence electrons. The summed E-state index contributed by atoms with van der Waals surface area (Å²) in [7, 11) is -5.17. The molecule has 0 bridgehead atoms. The van der Waals surface area contributed by atoms with Gasteiger partial charge in [-0.05, 0) is 6.07 Å². The van der Waals surface area contributed by atoms with E-state index in [2.05, 4.69) is 6.07 Å². The Balaban J connectivity index is -0.000000136. The van der Waals surface area contributed by atoms with E-state index in [9.17, 15) is 0 Å². The molecule has 0 spiro atoms. The van der Waals surface area contributed by atoms with Crippen molar-refractivity contribution >= 4 is 10.4 Å². The van der Waals surface area contributed by atoms with Crippen molar-refractivity contribution in [3.8, 4) is 0 Å². The molecule has 0 saturated heterocycles. The molecule has 0 aromatic heterocycles. The smallest absolute Gasteiger partial charge is 0.759 e. The summed E-state index contributed by atoms with van der Waals surface area (Å²) in [4.78, 5) is 0. The van der Waals surface area contributed by atoms with Gasteiger partial charge >= 0.3 is 59.1 Å². The molecule has 0 heterocycles. The van der Waals surface area contributed by atoms with Crippen LogP contribution in [0.4, 0.5) is 0 Å². The second-order valence-corrected chi connectivity index (χ2v) is 2.30. The van der Waals surface area contributed by atoms with Crippen molar-refractivity contribution in [2.75, 3.05) is 0 Å². The number of hydrogen-bond acceptors (Lipinski definition) is 4. The zero-order chi connectivity index (χ0) is 8.74. The van der Waals surface area contributed by atoms with E-state index in [1.54, 1.807) is 0 Å². The van der Waals surface area contributed by atoms with Gasteiger partial charge in [-0.25, -0.2) is 0 Å². The summed E-state index contributed by atoms with van der Waals surface area (Å²) < 4.78 is 34.1. The van der Waals surface area contributed by atoms with Crippen LogP contribution in [0.2, 0.25) is 0 Å². The minimum absolute atomic E-state index is 0. The first kappa shape index (κ1) is 19.6. The quantitative estimate of drug-likeness (QED) is 0.247. The van der Waals surface area contributed by atoms with Crippen molar-refractivity contribution in [3.63, 3.8) is 0 Å². The Hall–Kier alpha value is 1.09. The van der Waals surface area contributed by atoms with Crippen LogP contribution in [0.5, 0.6) is 0 Å². The van der Waals surface area contributed by atoms with Gasteiger partial charge in [-0.2, -0.15) is 0 Å². The van der Waals surface area contributed by atoms with Gasteiger partial charge in [0, 0.05) is 10.4 Å². The monoisotopic (exact) mass is 219 g/mol. The SMILES string of the molecule is O=S(=O)([O-])[O-].[Na+].[Na+].[c]1ccccc1. The maximum Gasteiger partial charge on any atom is 1.00 e. The van der Waals surface area contributed by atoms with E-state index in [1.165, 1.54) is 0 Å². The van der Waals surface area contributed by atoms with E-state index in [0.29, 0.717) is 0 Å². The van der Waals surface area contributed by atoms with Crippen molar-refractivity contribution in [2.45, 2.75) is 0 Å². The van der Waals surface area contributed by atoms with Crippen LogP contribution in [0.3, 0.4) is 0 Å². The van der Waals surface area contributed by atoms with E-state index in [1.807, 2.05) is 30.3 Å². The van der Waals surface area contributed by atoms with Crippen molar-refractivity contribution in [3.05, 3.63) is 36.4 Å². The molecule has 13 heavy (non-hydrogen) atoms. The van der Waals surface area contributed by atoms with Gasteiger partial charge in [-0.3, -0.25) is 8.42 Å². The van der Waals surface area contributed by atoms with E-state index < -0.39 is 10.4 Å². The van der Waals surface area contributed by atoms with Gasteiger partial charge in [-0.1, -0.05) is 30.3 Å².